The maximum atomic E-state index is 12.0. The van der Waals surface area contributed by atoms with Gasteiger partial charge in [-0.25, -0.2) is 0 Å². The number of carbonyl (C=O) groups is 1. The first-order chi connectivity index (χ1) is 10.1. The van der Waals surface area contributed by atoms with Gasteiger partial charge in [-0.05, 0) is 53.0 Å². The van der Waals surface area contributed by atoms with E-state index in [0.717, 1.165) is 12.0 Å². The largest absolute Gasteiger partial charge is 0.450 e. The zero-order valence-electron chi connectivity index (χ0n) is 12.1. The van der Waals surface area contributed by atoms with Crippen LogP contribution >= 0.6 is 15.9 Å². The predicted molar refractivity (Wildman–Crippen MR) is 87.8 cm³/mol. The molecule has 3 nitrogen and oxygen atoms in total. The monoisotopic (exact) mass is 347 g/mol. The van der Waals surface area contributed by atoms with Crippen LogP contribution in [0.5, 0.6) is 0 Å². The van der Waals surface area contributed by atoms with Gasteiger partial charge < -0.3 is 9.73 Å². The van der Waals surface area contributed by atoms with Crippen molar-refractivity contribution in [2.24, 2.45) is 0 Å². The molecule has 110 valence electrons. The van der Waals surface area contributed by atoms with E-state index in [9.17, 15) is 4.79 Å². The van der Waals surface area contributed by atoms with Gasteiger partial charge in [-0.15, -0.1) is 0 Å². The Morgan fingerprint density at radius 3 is 2.57 bits per heavy atom. The van der Waals surface area contributed by atoms with Crippen molar-refractivity contribution in [3.63, 3.8) is 0 Å². The summed E-state index contributed by atoms with van der Waals surface area (Å²) in [7, 11) is 0. The molecule has 1 N–H and O–H groups in total. The number of benzene rings is 1. The molecule has 1 aromatic carbocycles. The summed E-state index contributed by atoms with van der Waals surface area (Å²) in [6, 6.07) is 11.8. The van der Waals surface area contributed by atoms with Crippen molar-refractivity contribution >= 4 is 27.9 Å². The zero-order valence-corrected chi connectivity index (χ0v) is 13.7. The topological polar surface area (TPSA) is 42.2 Å². The molecule has 0 aliphatic carbocycles. The highest BCUT2D eigenvalue weighted by molar-refractivity contribution is 9.10. The maximum Gasteiger partial charge on any atom is 0.244 e. The van der Waals surface area contributed by atoms with Gasteiger partial charge in [-0.3, -0.25) is 4.79 Å². The van der Waals surface area contributed by atoms with E-state index < -0.39 is 0 Å². The van der Waals surface area contributed by atoms with Crippen LogP contribution in [0.2, 0.25) is 0 Å². The molecule has 0 spiro atoms. The molecule has 1 atom stereocenters. The van der Waals surface area contributed by atoms with Gasteiger partial charge in [0.2, 0.25) is 5.91 Å². The Morgan fingerprint density at radius 2 is 2.00 bits per heavy atom. The first-order valence-electron chi connectivity index (χ1n) is 6.89. The summed E-state index contributed by atoms with van der Waals surface area (Å²) in [5.74, 6) is 0.510. The average Bonchev–Trinajstić information content (AvgIpc) is 2.89. The highest BCUT2D eigenvalue weighted by Gasteiger charge is 2.10. The molecule has 0 bridgehead atoms. The number of rotatable bonds is 5. The molecule has 1 aromatic heterocycles. The summed E-state index contributed by atoms with van der Waals surface area (Å²) in [6.07, 6.45) is 3.99. The molecule has 4 heteroatoms. The average molecular weight is 348 g/mol. The van der Waals surface area contributed by atoms with E-state index in [4.69, 9.17) is 4.42 Å². The van der Waals surface area contributed by atoms with Gasteiger partial charge in [0.25, 0.3) is 0 Å². The van der Waals surface area contributed by atoms with Gasteiger partial charge in [0, 0.05) is 6.08 Å². The molecule has 0 aliphatic rings. The molecule has 0 fully saturated rings. The summed E-state index contributed by atoms with van der Waals surface area (Å²) in [6.45, 7) is 4.10. The van der Waals surface area contributed by atoms with Gasteiger partial charge in [-0.1, -0.05) is 36.8 Å². The Kier molecular flexibility index (Phi) is 5.39. The Morgan fingerprint density at radius 1 is 1.29 bits per heavy atom. The minimum absolute atomic E-state index is 0.0195. The van der Waals surface area contributed by atoms with Crippen LogP contribution in [-0.4, -0.2) is 5.91 Å². The zero-order chi connectivity index (χ0) is 15.2. The maximum absolute atomic E-state index is 12.0. The number of amides is 1. The van der Waals surface area contributed by atoms with Crippen molar-refractivity contribution < 1.29 is 9.21 Å². The Balaban J connectivity index is 1.99. The first-order valence-corrected chi connectivity index (χ1v) is 7.68. The van der Waals surface area contributed by atoms with Gasteiger partial charge >= 0.3 is 0 Å². The van der Waals surface area contributed by atoms with E-state index in [1.165, 1.54) is 11.6 Å². The number of aryl methyl sites for hydroxylation is 1. The molecule has 0 radical (unpaired) electrons. The van der Waals surface area contributed by atoms with Crippen molar-refractivity contribution in [3.05, 3.63) is 64.0 Å². The van der Waals surface area contributed by atoms with Crippen LogP contribution in [0.15, 0.2) is 51.6 Å². The molecular formula is C17H18BrNO2. The van der Waals surface area contributed by atoms with Crippen LogP contribution in [0.1, 0.15) is 36.3 Å². The fourth-order valence-corrected chi connectivity index (χ4v) is 2.33. The minimum Gasteiger partial charge on any atom is -0.450 e. The summed E-state index contributed by atoms with van der Waals surface area (Å²) < 4.78 is 5.96. The molecule has 0 saturated heterocycles. The highest BCUT2D eigenvalue weighted by atomic mass is 79.9. The summed E-state index contributed by atoms with van der Waals surface area (Å²) in [5, 5.41) is 3.00. The van der Waals surface area contributed by atoms with E-state index in [2.05, 4.69) is 52.4 Å². The molecule has 1 heterocycles. The second-order valence-electron chi connectivity index (χ2n) is 4.86. The van der Waals surface area contributed by atoms with E-state index in [0.29, 0.717) is 10.4 Å². The van der Waals surface area contributed by atoms with Crippen LogP contribution in [0.3, 0.4) is 0 Å². The van der Waals surface area contributed by atoms with Crippen LogP contribution in [0, 0.1) is 6.92 Å². The molecular weight excluding hydrogens is 330 g/mol. The number of halogens is 1. The van der Waals surface area contributed by atoms with Crippen molar-refractivity contribution in [1.82, 2.24) is 5.32 Å². The van der Waals surface area contributed by atoms with Crippen LogP contribution in [-0.2, 0) is 4.79 Å². The van der Waals surface area contributed by atoms with E-state index >= 15 is 0 Å². The number of carbonyl (C=O) groups excluding carboxylic acids is 1. The van der Waals surface area contributed by atoms with Gasteiger partial charge in [0.1, 0.15) is 5.76 Å². The number of hydrogen-bond donors (Lipinski definition) is 1. The number of hydrogen-bond acceptors (Lipinski definition) is 2. The standard InChI is InChI=1S/C17H18BrNO2/c1-3-15(13-6-4-12(2)5-7-13)19-17(20)11-9-14-8-10-16(18)21-14/h4-11,15H,3H2,1-2H3,(H,19,20)/b11-9+. The third kappa shape index (κ3) is 4.60. The Hall–Kier alpha value is -1.81. The third-order valence-corrected chi connectivity index (χ3v) is 3.62. The van der Waals surface area contributed by atoms with E-state index in [1.54, 1.807) is 18.2 Å². The Bertz CT molecular complexity index is 628. The molecule has 1 amide bonds. The smallest absolute Gasteiger partial charge is 0.244 e. The van der Waals surface area contributed by atoms with E-state index in [-0.39, 0.29) is 11.9 Å². The summed E-state index contributed by atoms with van der Waals surface area (Å²) in [5.41, 5.74) is 2.33. The quantitative estimate of drug-likeness (QED) is 0.801. The van der Waals surface area contributed by atoms with Gasteiger partial charge in [0.05, 0.1) is 6.04 Å². The molecule has 2 aromatic rings. The van der Waals surface area contributed by atoms with Crippen molar-refractivity contribution in [3.8, 4) is 0 Å². The van der Waals surface area contributed by atoms with Crippen LogP contribution in [0.25, 0.3) is 6.08 Å². The number of furan rings is 1. The second-order valence-corrected chi connectivity index (χ2v) is 5.64. The van der Waals surface area contributed by atoms with Gasteiger partial charge in [0.15, 0.2) is 4.67 Å². The van der Waals surface area contributed by atoms with Crippen molar-refractivity contribution in [2.45, 2.75) is 26.3 Å². The Labute approximate surface area is 133 Å². The lowest BCUT2D eigenvalue weighted by Crippen LogP contribution is -2.26. The molecule has 0 aliphatic heterocycles. The summed E-state index contributed by atoms with van der Waals surface area (Å²) in [4.78, 5) is 12.0. The predicted octanol–water partition coefficient (Wildman–Crippen LogP) is 4.63. The summed E-state index contributed by atoms with van der Waals surface area (Å²) >= 11 is 3.23. The molecule has 21 heavy (non-hydrogen) atoms. The molecule has 1 unspecified atom stereocenters. The van der Waals surface area contributed by atoms with Crippen molar-refractivity contribution in [2.75, 3.05) is 0 Å². The normalized spacial score (nSPS) is 12.5. The van der Waals surface area contributed by atoms with Crippen molar-refractivity contribution in [1.29, 1.82) is 0 Å². The van der Waals surface area contributed by atoms with Crippen LogP contribution < -0.4 is 5.32 Å². The third-order valence-electron chi connectivity index (χ3n) is 3.20. The molecule has 2 rings (SSSR count). The first kappa shape index (κ1) is 15.6. The SMILES string of the molecule is CCC(NC(=O)/C=C/c1ccc(Br)o1)c1ccc(C)cc1. The van der Waals surface area contributed by atoms with Crippen LogP contribution in [0.4, 0.5) is 0 Å². The lowest BCUT2D eigenvalue weighted by Gasteiger charge is -2.16. The number of nitrogens with one attached hydrogen (secondary N) is 1. The lowest BCUT2D eigenvalue weighted by molar-refractivity contribution is -0.117. The van der Waals surface area contributed by atoms with E-state index in [1.807, 2.05) is 6.92 Å². The fraction of sp³-hybridized carbons (Fsp3) is 0.235. The fourth-order valence-electron chi connectivity index (χ4n) is 2.02. The lowest BCUT2D eigenvalue weighted by atomic mass is 10.0. The minimum atomic E-state index is -0.130. The molecule has 0 saturated carbocycles. The highest BCUT2D eigenvalue weighted by Crippen LogP contribution is 2.18. The second kappa shape index (κ2) is 7.27. The van der Waals surface area contributed by atoms with Gasteiger partial charge in [-0.2, -0.15) is 0 Å².